The Morgan fingerprint density at radius 1 is 1.12 bits per heavy atom. The third-order valence-electron chi connectivity index (χ3n) is 7.73. The van der Waals surface area contributed by atoms with Crippen LogP contribution in [0.3, 0.4) is 0 Å². The molecule has 0 amide bonds. The van der Waals surface area contributed by atoms with Gasteiger partial charge in [0.15, 0.2) is 0 Å². The van der Waals surface area contributed by atoms with Gasteiger partial charge in [0.1, 0.15) is 11.9 Å². The van der Waals surface area contributed by atoms with E-state index in [4.69, 9.17) is 9.72 Å². The summed E-state index contributed by atoms with van der Waals surface area (Å²) in [7, 11) is 0. The summed E-state index contributed by atoms with van der Waals surface area (Å²) in [6.45, 7) is 8.31. The zero-order chi connectivity index (χ0) is 24.6. The van der Waals surface area contributed by atoms with Gasteiger partial charge < -0.3 is 9.84 Å². The summed E-state index contributed by atoms with van der Waals surface area (Å²) in [5, 5.41) is 11.3. The lowest BCUT2D eigenvalue weighted by molar-refractivity contribution is -0.140. The molecule has 2 atom stereocenters. The highest BCUT2D eigenvalue weighted by Crippen LogP contribution is 2.59. The Labute approximate surface area is 197 Å². The summed E-state index contributed by atoms with van der Waals surface area (Å²) in [5.41, 5.74) is 2.67. The summed E-state index contributed by atoms with van der Waals surface area (Å²) >= 11 is 0. The lowest BCUT2D eigenvalue weighted by atomic mass is 9.70. The normalized spacial score (nSPS) is 25.1. The Morgan fingerprint density at radius 3 is 2.38 bits per heavy atom. The summed E-state index contributed by atoms with van der Waals surface area (Å²) < 4.78 is 60.9. The third kappa shape index (κ3) is 3.67. The zero-order valence-corrected chi connectivity index (χ0v) is 20.0. The van der Waals surface area contributed by atoms with Crippen LogP contribution in [0.2, 0.25) is 0 Å². The molecule has 2 heterocycles. The molecule has 5 rings (SSSR count). The van der Waals surface area contributed by atoms with Gasteiger partial charge in [-0.15, -0.1) is 0 Å². The number of pyridine rings is 1. The van der Waals surface area contributed by atoms with E-state index < -0.39 is 35.4 Å². The maximum Gasteiger partial charge on any atom is 0.419 e. The molecule has 3 aliphatic rings. The number of rotatable bonds is 2. The average Bonchev–Trinajstić information content (AvgIpc) is 3.31. The van der Waals surface area contributed by atoms with Crippen LogP contribution < -0.4 is 0 Å². The van der Waals surface area contributed by atoms with Crippen molar-refractivity contribution in [2.75, 3.05) is 0 Å². The Balaban J connectivity index is 1.75. The molecule has 1 aromatic carbocycles. The van der Waals surface area contributed by atoms with Gasteiger partial charge in [-0.25, -0.2) is 4.39 Å². The number of hydrogen-bond donors (Lipinski definition) is 1. The van der Waals surface area contributed by atoms with E-state index >= 15 is 0 Å². The predicted molar refractivity (Wildman–Crippen MR) is 120 cm³/mol. The second-order valence-electron chi connectivity index (χ2n) is 11.3. The number of aliphatic hydroxyl groups is 1. The summed E-state index contributed by atoms with van der Waals surface area (Å²) in [6.07, 6.45) is -1.37. The Morgan fingerprint density at radius 2 is 1.79 bits per heavy atom. The van der Waals surface area contributed by atoms with Crippen molar-refractivity contribution in [1.82, 2.24) is 4.98 Å². The van der Waals surface area contributed by atoms with Crippen LogP contribution in [-0.2, 0) is 22.9 Å². The fourth-order valence-electron chi connectivity index (χ4n) is 6.34. The zero-order valence-electron chi connectivity index (χ0n) is 20.0. The second-order valence-corrected chi connectivity index (χ2v) is 11.3. The van der Waals surface area contributed by atoms with Gasteiger partial charge in [0.25, 0.3) is 0 Å². The Bertz CT molecular complexity index is 1130. The van der Waals surface area contributed by atoms with Crippen LogP contribution >= 0.6 is 0 Å². The molecule has 1 saturated carbocycles. The smallest absolute Gasteiger partial charge is 0.388 e. The van der Waals surface area contributed by atoms with E-state index in [2.05, 4.69) is 13.8 Å². The number of aliphatic hydroxyl groups excluding tert-OH is 1. The van der Waals surface area contributed by atoms with Crippen LogP contribution in [0.1, 0.15) is 117 Å². The van der Waals surface area contributed by atoms with Crippen molar-refractivity contribution in [1.29, 1.82) is 0 Å². The van der Waals surface area contributed by atoms with Crippen LogP contribution in [-0.4, -0.2) is 10.1 Å². The quantitative estimate of drug-likeness (QED) is 0.463. The molecule has 34 heavy (non-hydrogen) atoms. The van der Waals surface area contributed by atoms with Gasteiger partial charge in [-0.3, -0.25) is 4.98 Å². The lowest BCUT2D eigenvalue weighted by Gasteiger charge is -2.38. The molecule has 2 aliphatic carbocycles. The number of fused-ring (bicyclic) bond motifs is 4. The van der Waals surface area contributed by atoms with Crippen LogP contribution in [0.15, 0.2) is 18.2 Å². The third-order valence-corrected chi connectivity index (χ3v) is 7.73. The van der Waals surface area contributed by atoms with Gasteiger partial charge in [-0.05, 0) is 60.3 Å². The first-order chi connectivity index (χ1) is 15.8. The molecule has 1 aromatic heterocycles. The van der Waals surface area contributed by atoms with Crippen LogP contribution in [0, 0.1) is 11.2 Å². The van der Waals surface area contributed by atoms with Crippen molar-refractivity contribution in [3.8, 4) is 0 Å². The molecule has 2 unspecified atom stereocenters. The van der Waals surface area contributed by atoms with Crippen molar-refractivity contribution < 1.29 is 27.4 Å². The monoisotopic (exact) mass is 477 g/mol. The largest absolute Gasteiger partial charge is 0.419 e. The molecule has 1 spiro atoms. The van der Waals surface area contributed by atoms with E-state index in [0.717, 1.165) is 72.3 Å². The molecule has 1 fully saturated rings. The predicted octanol–water partition coefficient (Wildman–Crippen LogP) is 7.26. The number of benzene rings is 1. The minimum absolute atomic E-state index is 0.0307. The lowest BCUT2D eigenvalue weighted by Crippen LogP contribution is -2.32. The van der Waals surface area contributed by atoms with E-state index in [1.54, 1.807) is 0 Å². The van der Waals surface area contributed by atoms with Crippen molar-refractivity contribution in [2.24, 2.45) is 5.41 Å². The first-order valence-corrected chi connectivity index (χ1v) is 12.1. The molecular weight excluding hydrogens is 446 g/mol. The minimum Gasteiger partial charge on any atom is -0.388 e. The molecular formula is C27H31F4NO2. The fraction of sp³-hybridized carbons (Fsp3) is 0.593. The van der Waals surface area contributed by atoms with Gasteiger partial charge in [0, 0.05) is 22.5 Å². The number of alkyl halides is 3. The second kappa shape index (κ2) is 7.76. The molecule has 0 bridgehead atoms. The van der Waals surface area contributed by atoms with Crippen LogP contribution in [0.4, 0.5) is 17.6 Å². The number of nitrogens with zero attached hydrogens (tertiary/aromatic N) is 1. The highest BCUT2D eigenvalue weighted by atomic mass is 19.4. The van der Waals surface area contributed by atoms with Gasteiger partial charge in [-0.2, -0.15) is 13.2 Å². The minimum atomic E-state index is -4.76. The maximum atomic E-state index is 14.6. The van der Waals surface area contributed by atoms with Crippen molar-refractivity contribution in [3.05, 3.63) is 63.2 Å². The fourth-order valence-corrected chi connectivity index (χ4v) is 6.34. The number of halogens is 4. The highest BCUT2D eigenvalue weighted by molar-refractivity contribution is 5.54. The molecule has 0 saturated heterocycles. The number of ether oxygens (including phenoxy) is 1. The van der Waals surface area contributed by atoms with Crippen LogP contribution in [0.25, 0.3) is 0 Å². The van der Waals surface area contributed by atoms with Crippen LogP contribution in [0.5, 0.6) is 0 Å². The topological polar surface area (TPSA) is 42.4 Å². The van der Waals surface area contributed by atoms with Gasteiger partial charge >= 0.3 is 6.18 Å². The molecule has 0 radical (unpaired) electrons. The molecule has 2 aromatic rings. The van der Waals surface area contributed by atoms with E-state index in [-0.39, 0.29) is 11.3 Å². The molecule has 3 nitrogen and oxygen atoms in total. The van der Waals surface area contributed by atoms with Gasteiger partial charge in [-0.1, -0.05) is 46.6 Å². The first kappa shape index (κ1) is 23.7. The average molecular weight is 478 g/mol. The Kier molecular flexibility index (Phi) is 5.41. The maximum absolute atomic E-state index is 14.6. The number of hydrogen-bond acceptors (Lipinski definition) is 3. The molecule has 1 N–H and O–H groups in total. The summed E-state index contributed by atoms with van der Waals surface area (Å²) in [5.74, 6) is -1.27. The van der Waals surface area contributed by atoms with E-state index in [1.165, 1.54) is 6.07 Å². The van der Waals surface area contributed by atoms with Gasteiger partial charge in [0.05, 0.1) is 17.3 Å². The highest BCUT2D eigenvalue weighted by Gasteiger charge is 2.52. The molecule has 1 aliphatic heterocycles. The summed E-state index contributed by atoms with van der Waals surface area (Å²) in [4.78, 5) is 5.03. The SMILES string of the molecule is CC(C)c1nc2c(c3c1C(c1ccc(C(F)(F)F)c(F)c1)OC31CCCC1)C(O)CC(C)(C)C2. The van der Waals surface area contributed by atoms with Crippen molar-refractivity contribution in [2.45, 2.75) is 96.1 Å². The summed E-state index contributed by atoms with van der Waals surface area (Å²) in [6, 6.07) is 3.07. The van der Waals surface area contributed by atoms with E-state index in [1.807, 2.05) is 13.8 Å². The molecule has 7 heteroatoms. The van der Waals surface area contributed by atoms with Crippen molar-refractivity contribution >= 4 is 0 Å². The van der Waals surface area contributed by atoms with E-state index in [0.29, 0.717) is 12.0 Å². The molecule has 184 valence electrons. The Hall–Kier alpha value is -1.99. The standard InChI is InChI=1S/C27H31F4NO2/c1-14(2)23-21-22(20-18(32-23)12-25(3,4)13-19(20)33)26(9-5-6-10-26)34-24(21)15-7-8-16(17(28)11-15)27(29,30)31/h7-8,11,14,19,24,33H,5-6,9-10,12-13H2,1-4H3. The van der Waals surface area contributed by atoms with Gasteiger partial charge in [0.2, 0.25) is 0 Å². The number of aromatic nitrogens is 1. The van der Waals surface area contributed by atoms with E-state index in [9.17, 15) is 22.7 Å². The van der Waals surface area contributed by atoms with Crippen molar-refractivity contribution in [3.63, 3.8) is 0 Å². The first-order valence-electron chi connectivity index (χ1n) is 12.1.